The van der Waals surface area contributed by atoms with Crippen LogP contribution in [0.25, 0.3) is 0 Å². The summed E-state index contributed by atoms with van der Waals surface area (Å²) in [4.78, 5) is 0. The molecule has 2 rings (SSSR count). The topological polar surface area (TPSA) is 12.0 Å². The summed E-state index contributed by atoms with van der Waals surface area (Å²) in [5.74, 6) is 0.508. The first-order chi connectivity index (χ1) is 9.79. The zero-order valence-corrected chi connectivity index (χ0v) is 12.2. The van der Waals surface area contributed by atoms with Gasteiger partial charge in [-0.3, -0.25) is 0 Å². The zero-order chi connectivity index (χ0) is 14.2. The molecule has 1 N–H and O–H groups in total. The molecule has 1 unspecified atom stereocenters. The van der Waals surface area contributed by atoms with E-state index in [2.05, 4.69) is 79.5 Å². The highest BCUT2D eigenvalue weighted by Gasteiger charge is 2.15. The third-order valence-electron chi connectivity index (χ3n) is 3.46. The van der Waals surface area contributed by atoms with Gasteiger partial charge in [-0.2, -0.15) is 0 Å². The Kier molecular flexibility index (Phi) is 5.43. The zero-order valence-electron chi connectivity index (χ0n) is 12.2. The minimum absolute atomic E-state index is 0.508. The van der Waals surface area contributed by atoms with Crippen molar-refractivity contribution < 1.29 is 0 Å². The summed E-state index contributed by atoms with van der Waals surface area (Å²) in [6.45, 7) is 6.19. The highest BCUT2D eigenvalue weighted by atomic mass is 14.9. The van der Waals surface area contributed by atoms with Crippen molar-refractivity contribution in [1.29, 1.82) is 0 Å². The van der Waals surface area contributed by atoms with Crippen LogP contribution < -0.4 is 5.32 Å². The lowest BCUT2D eigenvalue weighted by Crippen LogP contribution is -2.21. The Hall–Kier alpha value is -2.02. The van der Waals surface area contributed by atoms with Gasteiger partial charge in [-0.1, -0.05) is 62.1 Å². The number of hydrogen-bond donors (Lipinski definition) is 1. The van der Waals surface area contributed by atoms with Gasteiger partial charge in [0.25, 0.3) is 0 Å². The standard InChI is InChI=1S/C19H23N/c1-3-4-10-16(2)20-19-14-9-8-13-18(19)15-17-11-6-5-7-12-17/h4-12,14,18,20H,2-3,13,15H2,1H3/b10-4-. The van der Waals surface area contributed by atoms with Crippen LogP contribution in [0.5, 0.6) is 0 Å². The van der Waals surface area contributed by atoms with Crippen molar-refractivity contribution in [3.8, 4) is 0 Å². The minimum atomic E-state index is 0.508. The second-order valence-electron chi connectivity index (χ2n) is 5.13. The molecular formula is C19H23N. The Labute approximate surface area is 122 Å². The van der Waals surface area contributed by atoms with Crippen molar-refractivity contribution in [2.75, 3.05) is 0 Å². The van der Waals surface area contributed by atoms with Crippen molar-refractivity contribution >= 4 is 0 Å². The highest BCUT2D eigenvalue weighted by Crippen LogP contribution is 2.23. The van der Waals surface area contributed by atoms with Crippen molar-refractivity contribution in [3.63, 3.8) is 0 Å². The fourth-order valence-electron chi connectivity index (χ4n) is 2.40. The van der Waals surface area contributed by atoms with Crippen LogP contribution in [0.3, 0.4) is 0 Å². The molecule has 1 aromatic rings. The largest absolute Gasteiger partial charge is 0.359 e. The van der Waals surface area contributed by atoms with Crippen molar-refractivity contribution in [3.05, 3.63) is 84.2 Å². The maximum absolute atomic E-state index is 4.06. The van der Waals surface area contributed by atoms with E-state index in [0.29, 0.717) is 5.92 Å². The molecule has 20 heavy (non-hydrogen) atoms. The molecular weight excluding hydrogens is 242 g/mol. The van der Waals surface area contributed by atoms with Gasteiger partial charge in [0.1, 0.15) is 0 Å². The Balaban J connectivity index is 2.01. The summed E-state index contributed by atoms with van der Waals surface area (Å²) in [6.07, 6.45) is 13.9. The van der Waals surface area contributed by atoms with E-state index in [-0.39, 0.29) is 0 Å². The molecule has 104 valence electrons. The van der Waals surface area contributed by atoms with E-state index in [0.717, 1.165) is 25.0 Å². The first-order valence-corrected chi connectivity index (χ1v) is 7.32. The second-order valence-corrected chi connectivity index (χ2v) is 5.13. The van der Waals surface area contributed by atoms with Gasteiger partial charge in [0, 0.05) is 17.3 Å². The van der Waals surface area contributed by atoms with Gasteiger partial charge < -0.3 is 5.32 Å². The van der Waals surface area contributed by atoms with Gasteiger partial charge in [0.2, 0.25) is 0 Å². The van der Waals surface area contributed by atoms with Crippen LogP contribution in [-0.2, 0) is 6.42 Å². The monoisotopic (exact) mass is 265 g/mol. The van der Waals surface area contributed by atoms with E-state index in [9.17, 15) is 0 Å². The van der Waals surface area contributed by atoms with E-state index >= 15 is 0 Å². The molecule has 0 fully saturated rings. The van der Waals surface area contributed by atoms with Gasteiger partial charge in [0.05, 0.1) is 0 Å². The van der Waals surface area contributed by atoms with Gasteiger partial charge in [0.15, 0.2) is 0 Å². The molecule has 0 bridgehead atoms. The van der Waals surface area contributed by atoms with Gasteiger partial charge in [-0.15, -0.1) is 0 Å². The van der Waals surface area contributed by atoms with E-state index < -0.39 is 0 Å². The van der Waals surface area contributed by atoms with Crippen LogP contribution in [0, 0.1) is 5.92 Å². The number of rotatable bonds is 6. The Bertz CT molecular complexity index is 520. The summed E-state index contributed by atoms with van der Waals surface area (Å²) >= 11 is 0. The summed E-state index contributed by atoms with van der Waals surface area (Å²) in [5.41, 5.74) is 3.61. The molecule has 0 heterocycles. The van der Waals surface area contributed by atoms with Crippen LogP contribution in [0.1, 0.15) is 25.3 Å². The molecule has 0 spiro atoms. The maximum atomic E-state index is 4.06. The third-order valence-corrected chi connectivity index (χ3v) is 3.46. The van der Waals surface area contributed by atoms with Gasteiger partial charge >= 0.3 is 0 Å². The van der Waals surface area contributed by atoms with Gasteiger partial charge in [-0.05, 0) is 37.0 Å². The normalized spacial score (nSPS) is 18.1. The smallest absolute Gasteiger partial charge is 0.0305 e. The molecule has 0 radical (unpaired) electrons. The molecule has 1 heteroatoms. The van der Waals surface area contributed by atoms with Gasteiger partial charge in [-0.25, -0.2) is 0 Å². The van der Waals surface area contributed by atoms with E-state index in [1.165, 1.54) is 11.3 Å². The van der Waals surface area contributed by atoms with Crippen LogP contribution in [-0.4, -0.2) is 0 Å². The first-order valence-electron chi connectivity index (χ1n) is 7.32. The van der Waals surface area contributed by atoms with E-state index in [4.69, 9.17) is 0 Å². The summed E-state index contributed by atoms with van der Waals surface area (Å²) < 4.78 is 0. The second kappa shape index (κ2) is 7.54. The molecule has 0 saturated heterocycles. The van der Waals surface area contributed by atoms with Crippen LogP contribution in [0.4, 0.5) is 0 Å². The molecule has 1 aliphatic rings. The number of hydrogen-bond acceptors (Lipinski definition) is 1. The van der Waals surface area contributed by atoms with E-state index in [1.807, 2.05) is 0 Å². The Morgan fingerprint density at radius 2 is 2.15 bits per heavy atom. The van der Waals surface area contributed by atoms with E-state index in [1.54, 1.807) is 0 Å². The quantitative estimate of drug-likeness (QED) is 0.731. The molecule has 1 aromatic carbocycles. The average Bonchev–Trinajstić information content (AvgIpc) is 2.48. The highest BCUT2D eigenvalue weighted by molar-refractivity contribution is 5.28. The van der Waals surface area contributed by atoms with Crippen LogP contribution >= 0.6 is 0 Å². The van der Waals surface area contributed by atoms with Crippen molar-refractivity contribution in [2.24, 2.45) is 5.92 Å². The molecule has 0 saturated carbocycles. The molecule has 0 aliphatic heterocycles. The lowest BCUT2D eigenvalue weighted by Gasteiger charge is -2.23. The summed E-state index contributed by atoms with van der Waals surface area (Å²) in [6, 6.07) is 10.7. The molecule has 0 amide bonds. The molecule has 0 aromatic heterocycles. The predicted molar refractivity (Wildman–Crippen MR) is 87.2 cm³/mol. The number of benzene rings is 1. The fourth-order valence-corrected chi connectivity index (χ4v) is 2.40. The lowest BCUT2D eigenvalue weighted by atomic mass is 9.90. The van der Waals surface area contributed by atoms with Crippen molar-refractivity contribution in [2.45, 2.75) is 26.2 Å². The predicted octanol–water partition coefficient (Wildman–Crippen LogP) is 4.76. The van der Waals surface area contributed by atoms with Crippen LogP contribution in [0.15, 0.2) is 78.7 Å². The number of nitrogens with one attached hydrogen (secondary N) is 1. The SMILES string of the molecule is C=C(/C=C\CC)NC1=CC=CCC1Cc1ccccc1. The molecule has 1 nitrogen and oxygen atoms in total. The number of allylic oxidation sites excluding steroid dienone is 6. The summed E-state index contributed by atoms with van der Waals surface area (Å²) in [7, 11) is 0. The molecule has 1 aliphatic carbocycles. The van der Waals surface area contributed by atoms with Crippen LogP contribution in [0.2, 0.25) is 0 Å². The van der Waals surface area contributed by atoms with Crippen molar-refractivity contribution in [1.82, 2.24) is 5.32 Å². The Morgan fingerprint density at radius 3 is 2.90 bits per heavy atom. The Morgan fingerprint density at radius 1 is 1.35 bits per heavy atom. The summed E-state index contributed by atoms with van der Waals surface area (Å²) in [5, 5.41) is 3.45. The average molecular weight is 265 g/mol. The third kappa shape index (κ3) is 4.27. The lowest BCUT2D eigenvalue weighted by molar-refractivity contribution is 0.579. The minimum Gasteiger partial charge on any atom is -0.359 e. The fraction of sp³-hybridized carbons (Fsp3) is 0.263. The first kappa shape index (κ1) is 14.4. The molecule has 1 atom stereocenters. The maximum Gasteiger partial charge on any atom is 0.0305 e.